The maximum Gasteiger partial charge on any atom is 0.206 e. The number of hydrogen-bond donors (Lipinski definition) is 3. The Morgan fingerprint density at radius 1 is 1.69 bits per heavy atom. The van der Waals surface area contributed by atoms with E-state index in [1.54, 1.807) is 13.4 Å². The van der Waals surface area contributed by atoms with Crippen molar-refractivity contribution in [1.29, 1.82) is 0 Å². The first kappa shape index (κ1) is 12.5. The van der Waals surface area contributed by atoms with Crippen LogP contribution in [0.1, 0.15) is 18.7 Å². The summed E-state index contributed by atoms with van der Waals surface area (Å²) in [6.07, 6.45) is 1.63. The van der Waals surface area contributed by atoms with Crippen molar-refractivity contribution >= 4 is 5.96 Å². The molecule has 16 heavy (non-hydrogen) atoms. The van der Waals surface area contributed by atoms with E-state index in [9.17, 15) is 0 Å². The molecule has 0 saturated carbocycles. The highest BCUT2D eigenvalue weighted by Crippen LogP contribution is 2.11. The predicted molar refractivity (Wildman–Crippen MR) is 61.8 cm³/mol. The fraction of sp³-hybridized carbons (Fsp3) is 0.500. The Bertz CT molecular complexity index is 311. The number of guanidine groups is 1. The molecule has 0 saturated heterocycles. The number of rotatable bonds is 5. The van der Waals surface area contributed by atoms with E-state index < -0.39 is 0 Å². The molecular weight excluding hydrogens is 208 g/mol. The second-order valence-corrected chi connectivity index (χ2v) is 3.25. The van der Waals surface area contributed by atoms with Crippen molar-refractivity contribution in [1.82, 2.24) is 10.7 Å². The minimum atomic E-state index is 0.00680. The minimum absolute atomic E-state index is 0.00680. The third-order valence-corrected chi connectivity index (χ3v) is 2.03. The highest BCUT2D eigenvalue weighted by Gasteiger charge is 2.09. The van der Waals surface area contributed by atoms with Crippen molar-refractivity contribution < 1.29 is 9.15 Å². The summed E-state index contributed by atoms with van der Waals surface area (Å²) in [5.41, 5.74) is 2.50. The van der Waals surface area contributed by atoms with Crippen LogP contribution in [-0.2, 0) is 4.74 Å². The summed E-state index contributed by atoms with van der Waals surface area (Å²) in [5.74, 6) is 6.69. The molecule has 0 aromatic carbocycles. The van der Waals surface area contributed by atoms with Crippen LogP contribution < -0.4 is 16.6 Å². The van der Waals surface area contributed by atoms with Gasteiger partial charge in [-0.2, -0.15) is 0 Å². The summed E-state index contributed by atoms with van der Waals surface area (Å²) in [5, 5.41) is 3.09. The summed E-state index contributed by atoms with van der Waals surface area (Å²) < 4.78 is 10.1. The van der Waals surface area contributed by atoms with Gasteiger partial charge in [-0.15, -0.1) is 0 Å². The third kappa shape index (κ3) is 3.92. The number of furan rings is 1. The van der Waals surface area contributed by atoms with E-state index in [-0.39, 0.29) is 6.04 Å². The lowest BCUT2D eigenvalue weighted by molar-refractivity contribution is 0.208. The first-order valence-electron chi connectivity index (χ1n) is 5.08. The Labute approximate surface area is 94.8 Å². The van der Waals surface area contributed by atoms with Crippen LogP contribution >= 0.6 is 0 Å². The molecule has 0 radical (unpaired) electrons. The Kier molecular flexibility index (Phi) is 5.38. The Hall–Kier alpha value is -1.53. The van der Waals surface area contributed by atoms with Crippen LogP contribution in [0.15, 0.2) is 27.8 Å². The second kappa shape index (κ2) is 6.86. The van der Waals surface area contributed by atoms with Gasteiger partial charge in [0.15, 0.2) is 0 Å². The molecule has 1 aromatic heterocycles. The van der Waals surface area contributed by atoms with E-state index >= 15 is 0 Å². The number of hydrazine groups is 1. The first-order chi connectivity index (χ1) is 7.77. The summed E-state index contributed by atoms with van der Waals surface area (Å²) >= 11 is 0. The second-order valence-electron chi connectivity index (χ2n) is 3.25. The van der Waals surface area contributed by atoms with Crippen LogP contribution in [0.4, 0.5) is 0 Å². The number of nitrogens with one attached hydrogen (secondary N) is 2. The van der Waals surface area contributed by atoms with E-state index in [0.717, 1.165) is 5.76 Å². The number of nitrogens with zero attached hydrogens (tertiary/aromatic N) is 1. The molecule has 1 rings (SSSR count). The van der Waals surface area contributed by atoms with Gasteiger partial charge in [0.25, 0.3) is 0 Å². The largest absolute Gasteiger partial charge is 0.467 e. The monoisotopic (exact) mass is 226 g/mol. The molecule has 90 valence electrons. The molecule has 0 aliphatic heterocycles. The van der Waals surface area contributed by atoms with Crippen molar-refractivity contribution in [2.45, 2.75) is 13.0 Å². The maximum atomic E-state index is 5.34. The average molecular weight is 226 g/mol. The minimum Gasteiger partial charge on any atom is -0.467 e. The van der Waals surface area contributed by atoms with E-state index in [2.05, 4.69) is 15.7 Å². The van der Waals surface area contributed by atoms with Gasteiger partial charge in [-0.25, -0.2) is 10.8 Å². The van der Waals surface area contributed by atoms with Gasteiger partial charge in [-0.05, 0) is 19.1 Å². The molecule has 6 nitrogen and oxygen atoms in total. The Balaban J connectivity index is 2.46. The van der Waals surface area contributed by atoms with Crippen molar-refractivity contribution in [2.24, 2.45) is 10.8 Å². The Morgan fingerprint density at radius 3 is 3.06 bits per heavy atom. The van der Waals surface area contributed by atoms with E-state index in [1.165, 1.54) is 0 Å². The molecule has 1 unspecified atom stereocenters. The van der Waals surface area contributed by atoms with Gasteiger partial charge < -0.3 is 14.5 Å². The topological polar surface area (TPSA) is 84.8 Å². The van der Waals surface area contributed by atoms with Gasteiger partial charge in [0.2, 0.25) is 5.96 Å². The van der Waals surface area contributed by atoms with Gasteiger partial charge in [0.05, 0.1) is 25.5 Å². The number of ether oxygens (including phenoxy) is 1. The van der Waals surface area contributed by atoms with Gasteiger partial charge in [-0.1, -0.05) is 0 Å². The Morgan fingerprint density at radius 2 is 2.50 bits per heavy atom. The number of methoxy groups -OCH3 is 1. The summed E-state index contributed by atoms with van der Waals surface area (Å²) in [6, 6.07) is 3.74. The van der Waals surface area contributed by atoms with Crippen LogP contribution in [0.2, 0.25) is 0 Å². The molecule has 0 aliphatic rings. The van der Waals surface area contributed by atoms with Crippen LogP contribution in [0.5, 0.6) is 0 Å². The lowest BCUT2D eigenvalue weighted by Crippen LogP contribution is -2.42. The fourth-order valence-corrected chi connectivity index (χ4v) is 1.20. The number of nitrogens with two attached hydrogens (primary N) is 1. The molecule has 0 amide bonds. The lowest BCUT2D eigenvalue weighted by Gasteiger charge is -2.14. The fourth-order valence-electron chi connectivity index (χ4n) is 1.20. The smallest absolute Gasteiger partial charge is 0.206 e. The summed E-state index contributed by atoms with van der Waals surface area (Å²) in [4.78, 5) is 4.18. The maximum absolute atomic E-state index is 5.34. The zero-order chi connectivity index (χ0) is 11.8. The van der Waals surface area contributed by atoms with Crippen LogP contribution in [0.25, 0.3) is 0 Å². The number of aliphatic imine (C=N–C) groups is 1. The molecular formula is C10H18N4O2. The highest BCUT2D eigenvalue weighted by atomic mass is 16.5. The van der Waals surface area contributed by atoms with Gasteiger partial charge in [-0.3, -0.25) is 5.43 Å². The molecule has 0 aliphatic carbocycles. The van der Waals surface area contributed by atoms with Crippen molar-refractivity contribution in [3.05, 3.63) is 24.2 Å². The van der Waals surface area contributed by atoms with Crippen LogP contribution in [0, 0.1) is 0 Å². The third-order valence-electron chi connectivity index (χ3n) is 2.03. The molecule has 0 spiro atoms. The van der Waals surface area contributed by atoms with E-state index in [0.29, 0.717) is 19.1 Å². The zero-order valence-electron chi connectivity index (χ0n) is 9.56. The highest BCUT2D eigenvalue weighted by molar-refractivity contribution is 5.79. The van der Waals surface area contributed by atoms with Crippen LogP contribution in [-0.4, -0.2) is 26.2 Å². The summed E-state index contributed by atoms with van der Waals surface area (Å²) in [7, 11) is 1.63. The quantitative estimate of drug-likeness (QED) is 0.222. The molecule has 0 fully saturated rings. The van der Waals surface area contributed by atoms with Crippen LogP contribution in [0.3, 0.4) is 0 Å². The van der Waals surface area contributed by atoms with Crippen molar-refractivity contribution in [2.75, 3.05) is 20.3 Å². The lowest BCUT2D eigenvalue weighted by atomic mass is 10.2. The SMILES string of the molecule is COCCN=C(NN)NC(C)c1ccco1. The average Bonchev–Trinajstić information content (AvgIpc) is 2.81. The van der Waals surface area contributed by atoms with Gasteiger partial charge in [0.1, 0.15) is 5.76 Å². The van der Waals surface area contributed by atoms with Crippen molar-refractivity contribution in [3.63, 3.8) is 0 Å². The zero-order valence-corrected chi connectivity index (χ0v) is 9.56. The summed E-state index contributed by atoms with van der Waals surface area (Å²) in [6.45, 7) is 3.07. The first-order valence-corrected chi connectivity index (χ1v) is 5.08. The number of hydrogen-bond acceptors (Lipinski definition) is 4. The molecule has 1 atom stereocenters. The van der Waals surface area contributed by atoms with Crippen molar-refractivity contribution in [3.8, 4) is 0 Å². The normalized spacial score (nSPS) is 13.6. The molecule has 6 heteroatoms. The van der Waals surface area contributed by atoms with Gasteiger partial charge in [0, 0.05) is 7.11 Å². The predicted octanol–water partition coefficient (Wildman–Crippen LogP) is 0.396. The molecule has 4 N–H and O–H groups in total. The molecule has 0 bridgehead atoms. The molecule has 1 heterocycles. The van der Waals surface area contributed by atoms with E-state index in [4.69, 9.17) is 15.0 Å². The molecule has 1 aromatic rings. The van der Waals surface area contributed by atoms with Gasteiger partial charge >= 0.3 is 0 Å². The standard InChI is InChI=1S/C10H18N4O2/c1-8(9-4-3-6-16-9)13-10(14-11)12-5-7-15-2/h3-4,6,8H,5,7,11H2,1-2H3,(H2,12,13,14). The van der Waals surface area contributed by atoms with E-state index in [1.807, 2.05) is 19.1 Å².